The highest BCUT2D eigenvalue weighted by Gasteiger charge is 2.38. The Labute approximate surface area is 139 Å². The molecular weight excluding hydrogens is 316 g/mol. The molecule has 7 heteroatoms. The van der Waals surface area contributed by atoms with Crippen LogP contribution in [-0.2, 0) is 11.3 Å². The Morgan fingerprint density at radius 3 is 3.13 bits per heavy atom. The molecule has 0 radical (unpaired) electrons. The third kappa shape index (κ3) is 2.52. The van der Waals surface area contributed by atoms with Crippen molar-refractivity contribution in [3.8, 4) is 0 Å². The van der Waals surface area contributed by atoms with Crippen LogP contribution in [0.1, 0.15) is 34.1 Å². The molecule has 0 saturated carbocycles. The number of aryl methyl sites for hydroxylation is 1. The molecule has 1 aromatic heterocycles. The van der Waals surface area contributed by atoms with Crippen LogP contribution in [0.3, 0.4) is 0 Å². The van der Waals surface area contributed by atoms with Gasteiger partial charge in [-0.3, -0.25) is 4.79 Å². The predicted octanol–water partition coefficient (Wildman–Crippen LogP) is 2.23. The van der Waals surface area contributed by atoms with Crippen LogP contribution in [0.4, 0.5) is 0 Å². The van der Waals surface area contributed by atoms with Gasteiger partial charge >= 0.3 is 0 Å². The molecule has 23 heavy (non-hydrogen) atoms. The van der Waals surface area contributed by atoms with Crippen molar-refractivity contribution in [1.82, 2.24) is 19.9 Å². The zero-order chi connectivity index (χ0) is 16.0. The summed E-state index contributed by atoms with van der Waals surface area (Å²) in [4.78, 5) is 14.7. The highest BCUT2D eigenvalue weighted by Crippen LogP contribution is 2.31. The Hall–Kier alpha value is -1.92. The molecule has 120 valence electrons. The summed E-state index contributed by atoms with van der Waals surface area (Å²) in [6.07, 6.45) is 2.63. The second-order valence-electron chi connectivity index (χ2n) is 6.09. The Balaban J connectivity index is 1.59. The van der Waals surface area contributed by atoms with Gasteiger partial charge in [0, 0.05) is 23.7 Å². The van der Waals surface area contributed by atoms with Gasteiger partial charge < -0.3 is 9.64 Å². The molecule has 1 aromatic carbocycles. The molecule has 0 aliphatic carbocycles. The lowest BCUT2D eigenvalue weighted by Crippen LogP contribution is -2.50. The van der Waals surface area contributed by atoms with Crippen molar-refractivity contribution in [2.45, 2.75) is 32.1 Å². The van der Waals surface area contributed by atoms with Gasteiger partial charge in [0.2, 0.25) is 0 Å². The maximum absolute atomic E-state index is 12.9. The van der Waals surface area contributed by atoms with Gasteiger partial charge in [-0.1, -0.05) is 16.8 Å². The van der Waals surface area contributed by atoms with Gasteiger partial charge in [0.15, 0.2) is 0 Å². The van der Waals surface area contributed by atoms with Crippen LogP contribution in [0.15, 0.2) is 24.4 Å². The number of ether oxygens (including phenoxy) is 1. The Morgan fingerprint density at radius 1 is 1.43 bits per heavy atom. The largest absolute Gasteiger partial charge is 0.370 e. The van der Waals surface area contributed by atoms with E-state index in [1.165, 1.54) is 0 Å². The molecule has 2 aromatic rings. The van der Waals surface area contributed by atoms with Crippen LogP contribution in [-0.4, -0.2) is 45.0 Å². The molecule has 2 aliphatic rings. The summed E-state index contributed by atoms with van der Waals surface area (Å²) in [5.74, 6) is 0.0323. The summed E-state index contributed by atoms with van der Waals surface area (Å²) in [6.45, 7) is 3.72. The lowest BCUT2D eigenvalue weighted by Gasteiger charge is -2.41. The zero-order valence-corrected chi connectivity index (χ0v) is 13.5. The first kappa shape index (κ1) is 14.7. The van der Waals surface area contributed by atoms with E-state index in [1.54, 1.807) is 18.3 Å². The van der Waals surface area contributed by atoms with Gasteiger partial charge in [-0.15, -0.1) is 5.10 Å². The molecule has 1 amide bonds. The van der Waals surface area contributed by atoms with Crippen LogP contribution in [0.2, 0.25) is 5.02 Å². The molecule has 1 saturated heterocycles. The van der Waals surface area contributed by atoms with E-state index in [4.69, 9.17) is 16.3 Å². The smallest absolute Gasteiger partial charge is 0.254 e. The number of halogens is 1. The van der Waals surface area contributed by atoms with Crippen molar-refractivity contribution in [1.29, 1.82) is 0 Å². The summed E-state index contributed by atoms with van der Waals surface area (Å²) < 4.78 is 7.79. The number of fused-ring (bicyclic) bond motifs is 3. The fraction of sp³-hybridized carbons (Fsp3) is 0.438. The number of hydrogen-bond donors (Lipinski definition) is 0. The average Bonchev–Trinajstić information content (AvgIpc) is 3.03. The van der Waals surface area contributed by atoms with E-state index in [1.807, 2.05) is 22.6 Å². The molecule has 0 N–H and O–H groups in total. The van der Waals surface area contributed by atoms with Crippen LogP contribution in [0.5, 0.6) is 0 Å². The molecule has 2 aliphatic heterocycles. The summed E-state index contributed by atoms with van der Waals surface area (Å²) in [5, 5.41) is 8.77. The van der Waals surface area contributed by atoms with Gasteiger partial charge in [-0.05, 0) is 37.1 Å². The van der Waals surface area contributed by atoms with Crippen molar-refractivity contribution >= 4 is 17.5 Å². The number of amides is 1. The predicted molar refractivity (Wildman–Crippen MR) is 84.3 cm³/mol. The van der Waals surface area contributed by atoms with Crippen LogP contribution in [0.25, 0.3) is 0 Å². The van der Waals surface area contributed by atoms with Crippen LogP contribution < -0.4 is 0 Å². The molecule has 4 rings (SSSR count). The molecule has 0 unspecified atom stereocenters. The van der Waals surface area contributed by atoms with Gasteiger partial charge in [-0.2, -0.15) is 0 Å². The standard InChI is InChI=1S/C16H17ClN4O2/c1-10-6-11(17)2-3-13(10)16(22)20-5-4-15-14(8-20)21-12(9-23-15)7-18-19-21/h2-3,6-7,14-15H,4-5,8-9H2,1H3/t14-,15+/m0/s1. The maximum Gasteiger partial charge on any atom is 0.254 e. The van der Waals surface area contributed by atoms with E-state index in [-0.39, 0.29) is 18.1 Å². The van der Waals surface area contributed by atoms with E-state index in [0.717, 1.165) is 17.7 Å². The Morgan fingerprint density at radius 2 is 2.30 bits per heavy atom. The number of nitrogens with zero attached hydrogens (tertiary/aromatic N) is 4. The van der Waals surface area contributed by atoms with E-state index in [2.05, 4.69) is 10.3 Å². The molecule has 2 atom stereocenters. The number of benzene rings is 1. The number of hydrogen-bond acceptors (Lipinski definition) is 4. The molecule has 1 fully saturated rings. The second kappa shape index (κ2) is 5.62. The van der Waals surface area contributed by atoms with Crippen molar-refractivity contribution < 1.29 is 9.53 Å². The van der Waals surface area contributed by atoms with Crippen molar-refractivity contribution in [3.63, 3.8) is 0 Å². The normalized spacial score (nSPS) is 23.3. The third-order valence-corrected chi connectivity index (χ3v) is 4.87. The van der Waals surface area contributed by atoms with Crippen molar-refractivity contribution in [2.75, 3.05) is 13.1 Å². The van der Waals surface area contributed by atoms with Gasteiger partial charge in [-0.25, -0.2) is 4.68 Å². The minimum absolute atomic E-state index is 0.0323. The van der Waals surface area contributed by atoms with E-state index < -0.39 is 0 Å². The minimum Gasteiger partial charge on any atom is -0.370 e. The fourth-order valence-corrected chi connectivity index (χ4v) is 3.63. The first-order valence-corrected chi connectivity index (χ1v) is 8.07. The summed E-state index contributed by atoms with van der Waals surface area (Å²) in [7, 11) is 0. The fourth-order valence-electron chi connectivity index (χ4n) is 3.40. The zero-order valence-electron chi connectivity index (χ0n) is 12.8. The number of carbonyl (C=O) groups excluding carboxylic acids is 1. The minimum atomic E-state index is 0.0323. The maximum atomic E-state index is 12.9. The van der Waals surface area contributed by atoms with E-state index >= 15 is 0 Å². The Bertz CT molecular complexity index is 760. The summed E-state index contributed by atoms with van der Waals surface area (Å²) in [6, 6.07) is 5.41. The first-order valence-electron chi connectivity index (χ1n) is 7.69. The quantitative estimate of drug-likeness (QED) is 0.803. The molecular formula is C16H17ClN4O2. The average molecular weight is 333 g/mol. The first-order chi connectivity index (χ1) is 11.1. The summed E-state index contributed by atoms with van der Waals surface area (Å²) in [5.41, 5.74) is 2.55. The lowest BCUT2D eigenvalue weighted by atomic mass is 9.99. The molecule has 0 spiro atoms. The number of aromatic nitrogens is 3. The van der Waals surface area contributed by atoms with Gasteiger partial charge in [0.05, 0.1) is 30.6 Å². The molecule has 3 heterocycles. The van der Waals surface area contributed by atoms with Gasteiger partial charge in [0.1, 0.15) is 0 Å². The van der Waals surface area contributed by atoms with Crippen LogP contribution >= 0.6 is 11.6 Å². The van der Waals surface area contributed by atoms with E-state index in [0.29, 0.717) is 30.3 Å². The highest BCUT2D eigenvalue weighted by atomic mass is 35.5. The third-order valence-electron chi connectivity index (χ3n) is 4.63. The van der Waals surface area contributed by atoms with Gasteiger partial charge in [0.25, 0.3) is 5.91 Å². The summed E-state index contributed by atoms with van der Waals surface area (Å²) >= 11 is 5.98. The number of likely N-dealkylation sites (tertiary alicyclic amines) is 1. The topological polar surface area (TPSA) is 60.3 Å². The second-order valence-corrected chi connectivity index (χ2v) is 6.52. The number of rotatable bonds is 1. The number of carbonyl (C=O) groups is 1. The SMILES string of the molecule is Cc1cc(Cl)ccc1C(=O)N1CC[C@H]2OCc3cnnn3[C@H]2C1. The lowest BCUT2D eigenvalue weighted by molar-refractivity contribution is -0.0605. The Kier molecular flexibility index (Phi) is 3.58. The molecule has 6 nitrogen and oxygen atoms in total. The van der Waals surface area contributed by atoms with Crippen LogP contribution in [0, 0.1) is 6.92 Å². The van der Waals surface area contributed by atoms with Crippen molar-refractivity contribution in [3.05, 3.63) is 46.2 Å². The monoisotopic (exact) mass is 332 g/mol. The number of piperidine rings is 1. The molecule has 0 bridgehead atoms. The highest BCUT2D eigenvalue weighted by molar-refractivity contribution is 6.30. The van der Waals surface area contributed by atoms with Crippen molar-refractivity contribution in [2.24, 2.45) is 0 Å². The van der Waals surface area contributed by atoms with E-state index in [9.17, 15) is 4.79 Å².